The fourth-order valence-electron chi connectivity index (χ4n) is 1.89. The smallest absolute Gasteiger partial charge is 0.256 e. The van der Waals surface area contributed by atoms with Crippen molar-refractivity contribution in [3.05, 3.63) is 63.6 Å². The average Bonchev–Trinajstić information content (AvgIpc) is 2.46. The summed E-state index contributed by atoms with van der Waals surface area (Å²) in [6.07, 6.45) is 0. The number of hydrogen-bond acceptors (Lipinski definition) is 2. The third kappa shape index (κ3) is 3.70. The van der Waals surface area contributed by atoms with Gasteiger partial charge in [0.1, 0.15) is 0 Å². The van der Waals surface area contributed by atoms with Crippen molar-refractivity contribution < 1.29 is 9.59 Å². The number of carbonyl (C=O) groups excluding carboxylic acids is 2. The minimum atomic E-state index is -0.226. The summed E-state index contributed by atoms with van der Waals surface area (Å²) in [7, 11) is 1.57. The van der Waals surface area contributed by atoms with Gasteiger partial charge in [0.25, 0.3) is 11.8 Å². The van der Waals surface area contributed by atoms with Crippen LogP contribution in [0.5, 0.6) is 0 Å². The normalized spacial score (nSPS) is 10.0. The number of carbonyl (C=O) groups is 2. The molecular weight excluding hydrogens is 332 g/mol. The molecule has 0 spiro atoms. The Labute approximate surface area is 131 Å². The molecule has 0 atom stereocenters. The lowest BCUT2D eigenvalue weighted by Gasteiger charge is -2.09. The molecule has 0 aliphatic rings. The molecule has 0 aliphatic carbocycles. The van der Waals surface area contributed by atoms with Gasteiger partial charge in [-0.15, -0.1) is 0 Å². The summed E-state index contributed by atoms with van der Waals surface area (Å²) in [6.45, 7) is 1.96. The fourth-order valence-corrected chi connectivity index (χ4v) is 2.56. The molecule has 2 rings (SSSR count). The van der Waals surface area contributed by atoms with E-state index in [4.69, 9.17) is 0 Å². The maximum atomic E-state index is 12.3. The molecule has 108 valence electrons. The number of nitrogens with one attached hydrogen (secondary N) is 2. The summed E-state index contributed by atoms with van der Waals surface area (Å²) in [5.41, 5.74) is 2.69. The highest BCUT2D eigenvalue weighted by Crippen LogP contribution is 2.20. The van der Waals surface area contributed by atoms with Crippen LogP contribution in [0, 0.1) is 6.92 Å². The van der Waals surface area contributed by atoms with Gasteiger partial charge in [0.15, 0.2) is 0 Å². The zero-order valence-corrected chi connectivity index (χ0v) is 13.3. The molecule has 2 N–H and O–H groups in total. The summed E-state index contributed by atoms with van der Waals surface area (Å²) in [5.74, 6) is -0.418. The summed E-state index contributed by atoms with van der Waals surface area (Å²) in [4.78, 5) is 23.8. The Bertz CT molecular complexity index is 698. The lowest BCUT2D eigenvalue weighted by atomic mass is 10.1. The number of hydrogen-bond donors (Lipinski definition) is 2. The molecule has 0 saturated carbocycles. The van der Waals surface area contributed by atoms with Crippen molar-refractivity contribution in [1.29, 1.82) is 0 Å². The molecule has 2 aromatic carbocycles. The Morgan fingerprint density at radius 3 is 2.48 bits per heavy atom. The van der Waals surface area contributed by atoms with E-state index in [1.807, 2.05) is 19.1 Å². The molecule has 0 heterocycles. The van der Waals surface area contributed by atoms with Gasteiger partial charge in [-0.25, -0.2) is 0 Å². The maximum Gasteiger partial charge on any atom is 0.256 e. The van der Waals surface area contributed by atoms with Gasteiger partial charge in [-0.3, -0.25) is 9.59 Å². The lowest BCUT2D eigenvalue weighted by molar-refractivity contribution is 0.0961. The van der Waals surface area contributed by atoms with Crippen LogP contribution in [0.25, 0.3) is 0 Å². The van der Waals surface area contributed by atoms with E-state index in [0.29, 0.717) is 16.8 Å². The first kappa shape index (κ1) is 15.3. The van der Waals surface area contributed by atoms with Crippen molar-refractivity contribution in [2.24, 2.45) is 0 Å². The van der Waals surface area contributed by atoms with Crippen molar-refractivity contribution in [1.82, 2.24) is 5.32 Å². The van der Waals surface area contributed by atoms with E-state index in [-0.39, 0.29) is 11.8 Å². The number of anilines is 1. The summed E-state index contributed by atoms with van der Waals surface area (Å²) in [5, 5.41) is 5.34. The van der Waals surface area contributed by atoms with Crippen LogP contribution >= 0.6 is 15.9 Å². The van der Waals surface area contributed by atoms with Gasteiger partial charge >= 0.3 is 0 Å². The Morgan fingerprint density at radius 1 is 1.05 bits per heavy atom. The first-order chi connectivity index (χ1) is 10.0. The Kier molecular flexibility index (Phi) is 4.75. The van der Waals surface area contributed by atoms with Crippen molar-refractivity contribution in [2.75, 3.05) is 12.4 Å². The van der Waals surface area contributed by atoms with E-state index in [1.165, 1.54) is 0 Å². The lowest BCUT2D eigenvalue weighted by Crippen LogP contribution is -2.18. The highest BCUT2D eigenvalue weighted by Gasteiger charge is 2.11. The van der Waals surface area contributed by atoms with Crippen LogP contribution in [-0.2, 0) is 0 Å². The zero-order chi connectivity index (χ0) is 15.4. The Balaban J connectivity index is 2.21. The molecule has 0 unspecified atom stereocenters. The SMILES string of the molecule is CNC(=O)c1cccc(NC(=O)c2ccc(C)cc2Br)c1. The predicted octanol–water partition coefficient (Wildman–Crippen LogP) is 3.37. The number of halogens is 1. The van der Waals surface area contributed by atoms with Gasteiger partial charge in [-0.05, 0) is 58.7 Å². The highest BCUT2D eigenvalue weighted by atomic mass is 79.9. The number of amides is 2. The Morgan fingerprint density at radius 2 is 1.81 bits per heavy atom. The molecule has 0 aromatic heterocycles. The molecule has 0 fully saturated rings. The second-order valence-electron chi connectivity index (χ2n) is 4.60. The molecule has 0 radical (unpaired) electrons. The van der Waals surface area contributed by atoms with E-state index in [0.717, 1.165) is 10.0 Å². The van der Waals surface area contributed by atoms with Crippen LogP contribution in [0.1, 0.15) is 26.3 Å². The largest absolute Gasteiger partial charge is 0.355 e. The predicted molar refractivity (Wildman–Crippen MR) is 86.7 cm³/mol. The Hall–Kier alpha value is -2.14. The van der Waals surface area contributed by atoms with E-state index in [1.54, 1.807) is 37.4 Å². The van der Waals surface area contributed by atoms with Crippen molar-refractivity contribution in [3.63, 3.8) is 0 Å². The minimum Gasteiger partial charge on any atom is -0.355 e. The fraction of sp³-hybridized carbons (Fsp3) is 0.125. The van der Waals surface area contributed by atoms with Crippen LogP contribution < -0.4 is 10.6 Å². The van der Waals surface area contributed by atoms with Crippen LogP contribution in [0.15, 0.2) is 46.9 Å². The molecule has 5 heteroatoms. The summed E-state index contributed by atoms with van der Waals surface area (Å²) in [6, 6.07) is 12.3. The average molecular weight is 347 g/mol. The minimum absolute atomic E-state index is 0.192. The van der Waals surface area contributed by atoms with Crippen LogP contribution in [0.3, 0.4) is 0 Å². The van der Waals surface area contributed by atoms with Gasteiger partial charge in [0.05, 0.1) is 5.56 Å². The zero-order valence-electron chi connectivity index (χ0n) is 11.7. The standard InChI is InChI=1S/C16H15BrN2O2/c1-10-6-7-13(14(17)8-10)16(21)19-12-5-3-4-11(9-12)15(20)18-2/h3-9H,1-2H3,(H,18,20)(H,19,21). The van der Waals surface area contributed by atoms with E-state index in [2.05, 4.69) is 26.6 Å². The quantitative estimate of drug-likeness (QED) is 0.894. The second-order valence-corrected chi connectivity index (χ2v) is 5.45. The molecule has 0 bridgehead atoms. The van der Waals surface area contributed by atoms with Gasteiger partial charge in [-0.2, -0.15) is 0 Å². The molecule has 0 saturated heterocycles. The molecule has 0 aliphatic heterocycles. The molecule has 4 nitrogen and oxygen atoms in total. The van der Waals surface area contributed by atoms with Crippen molar-refractivity contribution >= 4 is 33.4 Å². The first-order valence-electron chi connectivity index (χ1n) is 6.41. The van der Waals surface area contributed by atoms with Crippen molar-refractivity contribution in [2.45, 2.75) is 6.92 Å². The van der Waals surface area contributed by atoms with Gasteiger partial charge < -0.3 is 10.6 Å². The molecular formula is C16H15BrN2O2. The number of benzene rings is 2. The molecule has 2 amide bonds. The van der Waals surface area contributed by atoms with Crippen LogP contribution in [0.2, 0.25) is 0 Å². The second kappa shape index (κ2) is 6.54. The van der Waals surface area contributed by atoms with Gasteiger partial charge in [0, 0.05) is 22.8 Å². The van der Waals surface area contributed by atoms with E-state index in [9.17, 15) is 9.59 Å². The third-order valence-electron chi connectivity index (χ3n) is 2.98. The van der Waals surface area contributed by atoms with Gasteiger partial charge in [-0.1, -0.05) is 12.1 Å². The van der Waals surface area contributed by atoms with E-state index < -0.39 is 0 Å². The number of rotatable bonds is 3. The summed E-state index contributed by atoms with van der Waals surface area (Å²) < 4.78 is 0.738. The first-order valence-corrected chi connectivity index (χ1v) is 7.20. The van der Waals surface area contributed by atoms with Crippen molar-refractivity contribution in [3.8, 4) is 0 Å². The van der Waals surface area contributed by atoms with Crippen LogP contribution in [-0.4, -0.2) is 18.9 Å². The van der Waals surface area contributed by atoms with E-state index >= 15 is 0 Å². The number of aryl methyl sites for hydroxylation is 1. The highest BCUT2D eigenvalue weighted by molar-refractivity contribution is 9.10. The van der Waals surface area contributed by atoms with Gasteiger partial charge in [0.2, 0.25) is 0 Å². The molecule has 2 aromatic rings. The molecule has 21 heavy (non-hydrogen) atoms. The topological polar surface area (TPSA) is 58.2 Å². The maximum absolute atomic E-state index is 12.3. The monoisotopic (exact) mass is 346 g/mol. The summed E-state index contributed by atoms with van der Waals surface area (Å²) >= 11 is 3.39. The van der Waals surface area contributed by atoms with Crippen LogP contribution in [0.4, 0.5) is 5.69 Å². The third-order valence-corrected chi connectivity index (χ3v) is 3.63.